The van der Waals surface area contributed by atoms with Gasteiger partial charge in [0, 0.05) is 46.3 Å². The summed E-state index contributed by atoms with van der Waals surface area (Å²) >= 11 is 0. The Bertz CT molecular complexity index is 595. The molecular weight excluding hydrogens is 358 g/mol. The van der Waals surface area contributed by atoms with Crippen molar-refractivity contribution >= 4 is 18.0 Å². The molecule has 0 atom stereocenters. The van der Waals surface area contributed by atoms with Gasteiger partial charge in [-0.3, -0.25) is 4.79 Å². The number of carbonyl (C=O) groups is 2. The molecule has 3 rings (SSSR count). The molecule has 0 unspecified atom stereocenters. The van der Waals surface area contributed by atoms with Gasteiger partial charge in [0.25, 0.3) is 0 Å². The number of ether oxygens (including phenoxy) is 1. The maximum absolute atomic E-state index is 12.0. The summed E-state index contributed by atoms with van der Waals surface area (Å²) < 4.78 is 5.10. The highest BCUT2D eigenvalue weighted by molar-refractivity contribution is 5.85. The summed E-state index contributed by atoms with van der Waals surface area (Å²) in [6.45, 7) is 5.81. The van der Waals surface area contributed by atoms with E-state index in [9.17, 15) is 9.59 Å². The van der Waals surface area contributed by atoms with E-state index in [0.29, 0.717) is 25.1 Å². The lowest BCUT2D eigenvalue weighted by Crippen LogP contribution is -2.51. The summed E-state index contributed by atoms with van der Waals surface area (Å²) in [6, 6.07) is 0.261. The van der Waals surface area contributed by atoms with Crippen LogP contribution in [-0.4, -0.2) is 92.1 Å². The van der Waals surface area contributed by atoms with E-state index in [-0.39, 0.29) is 24.6 Å². The Hall–Kier alpha value is -1.99. The van der Waals surface area contributed by atoms with E-state index < -0.39 is 0 Å². The molecule has 0 bridgehead atoms. The minimum absolute atomic E-state index is 0.00832. The predicted octanol–water partition coefficient (Wildman–Crippen LogP) is 1.52. The van der Waals surface area contributed by atoms with Crippen LogP contribution in [0.4, 0.5) is 4.79 Å². The molecule has 2 aliphatic heterocycles. The first-order valence-electron chi connectivity index (χ1n) is 10.6. The number of carbonyl (C=O) groups excluding carboxylic acids is 2. The molecule has 8 nitrogen and oxygen atoms in total. The van der Waals surface area contributed by atoms with Crippen LogP contribution < -0.4 is 5.32 Å². The van der Waals surface area contributed by atoms with Gasteiger partial charge in [-0.1, -0.05) is 6.42 Å². The maximum atomic E-state index is 12.0. The highest BCUT2D eigenvalue weighted by atomic mass is 16.6. The zero-order valence-corrected chi connectivity index (χ0v) is 17.6. The molecule has 158 valence electrons. The third kappa shape index (κ3) is 4.89. The summed E-state index contributed by atoms with van der Waals surface area (Å²) in [7, 11) is 3.52. The van der Waals surface area contributed by atoms with E-state index in [1.807, 2.05) is 6.92 Å². The van der Waals surface area contributed by atoms with Crippen LogP contribution in [0, 0.1) is 5.41 Å². The van der Waals surface area contributed by atoms with Crippen molar-refractivity contribution in [1.29, 1.82) is 0 Å². The van der Waals surface area contributed by atoms with Crippen LogP contribution >= 0.6 is 0 Å². The second-order valence-electron chi connectivity index (χ2n) is 8.56. The van der Waals surface area contributed by atoms with E-state index in [1.165, 1.54) is 25.7 Å². The third-order valence-corrected chi connectivity index (χ3v) is 6.37. The van der Waals surface area contributed by atoms with Gasteiger partial charge < -0.3 is 24.8 Å². The number of nitrogens with one attached hydrogen (secondary N) is 1. The fraction of sp³-hybridized carbons (Fsp3) is 0.850. The van der Waals surface area contributed by atoms with Crippen molar-refractivity contribution in [2.45, 2.75) is 51.5 Å². The number of aliphatic imine (C=N–C) groups is 1. The van der Waals surface area contributed by atoms with Crippen molar-refractivity contribution in [2.75, 3.05) is 53.4 Å². The number of piperidine rings is 1. The van der Waals surface area contributed by atoms with Gasteiger partial charge in [-0.25, -0.2) is 9.79 Å². The van der Waals surface area contributed by atoms with Gasteiger partial charge in [-0.05, 0) is 44.4 Å². The minimum Gasteiger partial charge on any atom is -0.450 e. The van der Waals surface area contributed by atoms with Crippen molar-refractivity contribution in [3.8, 4) is 0 Å². The number of amides is 2. The van der Waals surface area contributed by atoms with Crippen LogP contribution in [0.3, 0.4) is 0 Å². The molecule has 8 heteroatoms. The number of rotatable bonds is 4. The van der Waals surface area contributed by atoms with Gasteiger partial charge in [0.15, 0.2) is 5.96 Å². The number of guanidine groups is 1. The van der Waals surface area contributed by atoms with E-state index in [2.05, 4.69) is 15.2 Å². The van der Waals surface area contributed by atoms with E-state index in [4.69, 9.17) is 4.74 Å². The van der Waals surface area contributed by atoms with E-state index in [0.717, 1.165) is 31.9 Å². The number of likely N-dealkylation sites (N-methyl/N-ethyl adjacent to an activating group) is 1. The average molecular weight is 394 g/mol. The van der Waals surface area contributed by atoms with Crippen LogP contribution in [0.25, 0.3) is 0 Å². The van der Waals surface area contributed by atoms with E-state index >= 15 is 0 Å². The maximum Gasteiger partial charge on any atom is 0.409 e. The number of hydrogen-bond acceptors (Lipinski definition) is 4. The summed E-state index contributed by atoms with van der Waals surface area (Å²) in [4.78, 5) is 34.3. The molecule has 2 amide bonds. The quantitative estimate of drug-likeness (QED) is 0.579. The van der Waals surface area contributed by atoms with Crippen LogP contribution in [0.2, 0.25) is 0 Å². The Balaban J connectivity index is 1.59. The Labute approximate surface area is 168 Å². The molecule has 2 saturated heterocycles. The normalized spacial score (nSPS) is 22.2. The van der Waals surface area contributed by atoms with Crippen molar-refractivity contribution < 1.29 is 14.3 Å². The predicted molar refractivity (Wildman–Crippen MR) is 108 cm³/mol. The first kappa shape index (κ1) is 20.7. The fourth-order valence-electron chi connectivity index (χ4n) is 4.33. The first-order valence-corrected chi connectivity index (χ1v) is 10.6. The van der Waals surface area contributed by atoms with Crippen molar-refractivity contribution in [3.63, 3.8) is 0 Å². The summed E-state index contributed by atoms with van der Waals surface area (Å²) in [5.41, 5.74) is 0.473. The molecule has 1 N–H and O–H groups in total. The molecule has 1 saturated carbocycles. The molecule has 1 aliphatic carbocycles. The number of hydrogen-bond donors (Lipinski definition) is 1. The molecule has 28 heavy (non-hydrogen) atoms. The minimum atomic E-state index is -0.224. The van der Waals surface area contributed by atoms with E-state index in [1.54, 1.807) is 23.9 Å². The average Bonchev–Trinajstić information content (AvgIpc) is 3.11. The standard InChI is InChI=1S/C20H35N5O3/c1-4-28-19(27)24-11-6-16(7-12-24)22-18(21-14-17(26)23(2)3)25-13-10-20(15-25)8-5-9-20/h16H,4-15H2,1-3H3,(H,21,22). The highest BCUT2D eigenvalue weighted by Gasteiger charge is 2.43. The van der Waals surface area contributed by atoms with Crippen LogP contribution in [-0.2, 0) is 9.53 Å². The highest BCUT2D eigenvalue weighted by Crippen LogP contribution is 2.47. The lowest BCUT2D eigenvalue weighted by molar-refractivity contribution is -0.127. The van der Waals surface area contributed by atoms with Gasteiger partial charge in [0.2, 0.25) is 5.91 Å². The fourth-order valence-corrected chi connectivity index (χ4v) is 4.33. The molecule has 3 aliphatic rings. The van der Waals surface area contributed by atoms with Crippen LogP contribution in [0.5, 0.6) is 0 Å². The van der Waals surface area contributed by atoms with Gasteiger partial charge >= 0.3 is 6.09 Å². The Morgan fingerprint density at radius 2 is 1.86 bits per heavy atom. The monoisotopic (exact) mass is 393 g/mol. The molecule has 0 aromatic heterocycles. The molecule has 0 radical (unpaired) electrons. The molecule has 3 fully saturated rings. The molecular formula is C20H35N5O3. The topological polar surface area (TPSA) is 77.5 Å². The smallest absolute Gasteiger partial charge is 0.409 e. The molecule has 0 aromatic rings. The second-order valence-corrected chi connectivity index (χ2v) is 8.56. The number of nitrogens with zero attached hydrogens (tertiary/aromatic N) is 4. The van der Waals surface area contributed by atoms with Gasteiger partial charge in [-0.15, -0.1) is 0 Å². The van der Waals surface area contributed by atoms with Gasteiger partial charge in [-0.2, -0.15) is 0 Å². The second kappa shape index (κ2) is 9.01. The van der Waals surface area contributed by atoms with Crippen molar-refractivity contribution in [1.82, 2.24) is 20.0 Å². The first-order chi connectivity index (χ1) is 13.4. The zero-order valence-electron chi connectivity index (χ0n) is 17.6. The molecule has 0 aromatic carbocycles. The lowest BCUT2D eigenvalue weighted by Gasteiger charge is -2.39. The van der Waals surface area contributed by atoms with Gasteiger partial charge in [0.05, 0.1) is 6.61 Å². The van der Waals surface area contributed by atoms with Gasteiger partial charge in [0.1, 0.15) is 6.54 Å². The SMILES string of the molecule is CCOC(=O)N1CCC(NC(=NCC(=O)N(C)C)N2CCC3(CCC3)C2)CC1. The summed E-state index contributed by atoms with van der Waals surface area (Å²) in [6.07, 6.45) is 6.67. The Kier molecular flexibility index (Phi) is 6.67. The van der Waals surface area contributed by atoms with Crippen LogP contribution in [0.1, 0.15) is 45.4 Å². The molecule has 2 heterocycles. The zero-order chi connectivity index (χ0) is 20.1. The Morgan fingerprint density at radius 3 is 2.39 bits per heavy atom. The largest absolute Gasteiger partial charge is 0.450 e. The lowest BCUT2D eigenvalue weighted by atomic mass is 9.68. The molecule has 1 spiro atoms. The van der Waals surface area contributed by atoms with Crippen molar-refractivity contribution in [2.24, 2.45) is 10.4 Å². The Morgan fingerprint density at radius 1 is 1.14 bits per heavy atom. The van der Waals surface area contributed by atoms with Crippen molar-refractivity contribution in [3.05, 3.63) is 0 Å². The summed E-state index contributed by atoms with van der Waals surface area (Å²) in [5, 5.41) is 3.60. The summed E-state index contributed by atoms with van der Waals surface area (Å²) in [5.74, 6) is 0.863. The number of likely N-dealkylation sites (tertiary alicyclic amines) is 2. The third-order valence-electron chi connectivity index (χ3n) is 6.37. The van der Waals surface area contributed by atoms with Crippen LogP contribution in [0.15, 0.2) is 4.99 Å².